The van der Waals surface area contributed by atoms with E-state index in [2.05, 4.69) is 20.4 Å². The third kappa shape index (κ3) is 3.97. The van der Waals surface area contributed by atoms with Crippen LogP contribution in [0.15, 0.2) is 6.20 Å². The van der Waals surface area contributed by atoms with Gasteiger partial charge in [0.25, 0.3) is 0 Å². The van der Waals surface area contributed by atoms with Gasteiger partial charge < -0.3 is 15.2 Å². The second-order valence-electron chi connectivity index (χ2n) is 6.25. The summed E-state index contributed by atoms with van der Waals surface area (Å²) in [6.45, 7) is 2.60. The van der Waals surface area contributed by atoms with Crippen molar-refractivity contribution in [1.29, 1.82) is 0 Å². The van der Waals surface area contributed by atoms with Crippen molar-refractivity contribution in [2.45, 2.75) is 51.2 Å². The highest BCUT2D eigenvalue weighted by Crippen LogP contribution is 2.21. The summed E-state index contributed by atoms with van der Waals surface area (Å²) in [5.41, 5.74) is 0.785. The Hall–Kier alpha value is -1.73. The average Bonchev–Trinajstić information content (AvgIpc) is 2.93. The molecule has 2 aromatic heterocycles. The molecule has 7 nitrogen and oxygen atoms in total. The van der Waals surface area contributed by atoms with E-state index in [0.29, 0.717) is 30.9 Å². The zero-order valence-corrected chi connectivity index (χ0v) is 13.8. The lowest BCUT2D eigenvalue weighted by atomic mass is 9.98. The molecular formula is C16H25N5O2. The molecule has 1 fully saturated rings. The van der Waals surface area contributed by atoms with E-state index in [9.17, 15) is 5.11 Å². The first kappa shape index (κ1) is 16.1. The van der Waals surface area contributed by atoms with Crippen molar-refractivity contribution in [2.75, 3.05) is 18.5 Å². The lowest BCUT2D eigenvalue weighted by molar-refractivity contribution is -0.0195. The fourth-order valence-electron chi connectivity index (χ4n) is 3.02. The van der Waals surface area contributed by atoms with Crippen LogP contribution in [-0.2, 0) is 11.8 Å². The van der Waals surface area contributed by atoms with E-state index in [1.807, 2.05) is 14.0 Å². The molecule has 0 bridgehead atoms. The number of hydrogen-bond donors (Lipinski definition) is 2. The van der Waals surface area contributed by atoms with Gasteiger partial charge in [0.05, 0.1) is 30.4 Å². The summed E-state index contributed by atoms with van der Waals surface area (Å²) in [7, 11) is 1.85. The Kier molecular flexibility index (Phi) is 5.07. The van der Waals surface area contributed by atoms with Gasteiger partial charge in [0, 0.05) is 13.6 Å². The van der Waals surface area contributed by atoms with Crippen LogP contribution in [0.1, 0.15) is 37.9 Å². The summed E-state index contributed by atoms with van der Waals surface area (Å²) in [6, 6.07) is 0. The van der Waals surface area contributed by atoms with Crippen molar-refractivity contribution in [1.82, 2.24) is 19.7 Å². The van der Waals surface area contributed by atoms with E-state index >= 15 is 0 Å². The molecule has 1 saturated carbocycles. The van der Waals surface area contributed by atoms with E-state index in [1.165, 1.54) is 19.3 Å². The predicted molar refractivity (Wildman–Crippen MR) is 88.4 cm³/mol. The number of aliphatic hydroxyl groups is 1. The Balaban J connectivity index is 1.55. The maximum atomic E-state index is 10.1. The summed E-state index contributed by atoms with van der Waals surface area (Å²) in [5, 5.41) is 18.4. The second-order valence-corrected chi connectivity index (χ2v) is 6.25. The minimum Gasteiger partial charge on any atom is -0.389 e. The van der Waals surface area contributed by atoms with E-state index in [0.717, 1.165) is 23.9 Å². The third-order valence-electron chi connectivity index (χ3n) is 4.29. The topological polar surface area (TPSA) is 85.1 Å². The van der Waals surface area contributed by atoms with Crippen molar-refractivity contribution < 1.29 is 9.84 Å². The van der Waals surface area contributed by atoms with Gasteiger partial charge in [0.2, 0.25) is 0 Å². The molecule has 0 amide bonds. The van der Waals surface area contributed by atoms with Crippen LogP contribution >= 0.6 is 0 Å². The highest BCUT2D eigenvalue weighted by atomic mass is 16.5. The van der Waals surface area contributed by atoms with Crippen LogP contribution in [0, 0.1) is 6.92 Å². The number of aliphatic hydroxyl groups excluding tert-OH is 1. The van der Waals surface area contributed by atoms with Gasteiger partial charge in [0.1, 0.15) is 11.6 Å². The third-order valence-corrected chi connectivity index (χ3v) is 4.29. The SMILES string of the molecule is Cc1nc(NCC(O)COC2CCCCC2)c2cnn(C)c2n1. The van der Waals surface area contributed by atoms with Crippen LogP contribution in [0.2, 0.25) is 0 Å². The highest BCUT2D eigenvalue weighted by molar-refractivity contribution is 5.86. The molecule has 1 aliphatic rings. The standard InChI is InChI=1S/C16H25N5O2/c1-11-19-15(14-9-18-21(2)16(14)20-11)17-8-12(22)10-23-13-6-4-3-5-7-13/h9,12-13,22H,3-8,10H2,1-2H3,(H,17,19,20). The maximum Gasteiger partial charge on any atom is 0.163 e. The fraction of sp³-hybridized carbons (Fsp3) is 0.688. The molecule has 3 rings (SSSR count). The van der Waals surface area contributed by atoms with Gasteiger partial charge in [-0.15, -0.1) is 0 Å². The predicted octanol–water partition coefficient (Wildman–Crippen LogP) is 1.79. The van der Waals surface area contributed by atoms with Crippen LogP contribution in [0.4, 0.5) is 5.82 Å². The van der Waals surface area contributed by atoms with Crippen LogP contribution in [0.25, 0.3) is 11.0 Å². The van der Waals surface area contributed by atoms with Gasteiger partial charge in [-0.25, -0.2) is 9.97 Å². The van der Waals surface area contributed by atoms with Crippen molar-refractivity contribution >= 4 is 16.9 Å². The highest BCUT2D eigenvalue weighted by Gasteiger charge is 2.16. The largest absolute Gasteiger partial charge is 0.389 e. The minimum absolute atomic E-state index is 0.310. The lowest BCUT2D eigenvalue weighted by Gasteiger charge is -2.23. The fourth-order valence-corrected chi connectivity index (χ4v) is 3.02. The van der Waals surface area contributed by atoms with Crippen LogP contribution in [0.3, 0.4) is 0 Å². The Bertz CT molecular complexity index is 651. The molecule has 2 aromatic rings. The van der Waals surface area contributed by atoms with Crippen molar-refractivity contribution in [3.63, 3.8) is 0 Å². The van der Waals surface area contributed by atoms with Crippen LogP contribution in [-0.4, -0.2) is 50.2 Å². The number of rotatable bonds is 6. The van der Waals surface area contributed by atoms with Gasteiger partial charge in [-0.1, -0.05) is 19.3 Å². The summed E-state index contributed by atoms with van der Waals surface area (Å²) < 4.78 is 7.53. The van der Waals surface area contributed by atoms with Crippen molar-refractivity contribution in [3.05, 3.63) is 12.0 Å². The van der Waals surface area contributed by atoms with E-state index in [-0.39, 0.29) is 0 Å². The molecular weight excluding hydrogens is 294 g/mol. The lowest BCUT2D eigenvalue weighted by Crippen LogP contribution is -2.29. The molecule has 0 spiro atoms. The molecule has 0 aliphatic heterocycles. The zero-order valence-electron chi connectivity index (χ0n) is 13.8. The zero-order chi connectivity index (χ0) is 16.2. The van der Waals surface area contributed by atoms with Gasteiger partial charge >= 0.3 is 0 Å². The molecule has 0 aromatic carbocycles. The van der Waals surface area contributed by atoms with Gasteiger partial charge in [0.15, 0.2) is 5.65 Å². The Labute approximate surface area is 136 Å². The molecule has 1 atom stereocenters. The monoisotopic (exact) mass is 319 g/mol. The number of ether oxygens (including phenoxy) is 1. The first-order chi connectivity index (χ1) is 11.1. The summed E-state index contributed by atoms with van der Waals surface area (Å²) in [6.07, 6.45) is 7.49. The molecule has 126 valence electrons. The summed E-state index contributed by atoms with van der Waals surface area (Å²) in [5.74, 6) is 1.38. The van der Waals surface area contributed by atoms with Crippen molar-refractivity contribution in [2.24, 2.45) is 7.05 Å². The number of fused-ring (bicyclic) bond motifs is 1. The first-order valence-electron chi connectivity index (χ1n) is 8.33. The number of nitrogens with one attached hydrogen (secondary N) is 1. The number of anilines is 1. The Morgan fingerprint density at radius 3 is 2.91 bits per heavy atom. The molecule has 0 radical (unpaired) electrons. The quantitative estimate of drug-likeness (QED) is 0.844. The summed E-state index contributed by atoms with van der Waals surface area (Å²) in [4.78, 5) is 8.79. The van der Waals surface area contributed by atoms with E-state index in [4.69, 9.17) is 4.74 Å². The molecule has 2 heterocycles. The molecule has 1 unspecified atom stereocenters. The molecule has 7 heteroatoms. The maximum absolute atomic E-state index is 10.1. The Morgan fingerprint density at radius 2 is 2.13 bits per heavy atom. The molecule has 1 aliphatic carbocycles. The number of nitrogens with zero attached hydrogens (tertiary/aromatic N) is 4. The normalized spacial score (nSPS) is 17.5. The molecule has 2 N–H and O–H groups in total. The number of hydrogen-bond acceptors (Lipinski definition) is 6. The van der Waals surface area contributed by atoms with E-state index in [1.54, 1.807) is 10.9 Å². The Morgan fingerprint density at radius 1 is 1.35 bits per heavy atom. The van der Waals surface area contributed by atoms with Crippen molar-refractivity contribution in [3.8, 4) is 0 Å². The van der Waals surface area contributed by atoms with E-state index < -0.39 is 6.10 Å². The number of aryl methyl sites for hydroxylation is 2. The van der Waals surface area contributed by atoms with Crippen LogP contribution in [0.5, 0.6) is 0 Å². The van der Waals surface area contributed by atoms with Gasteiger partial charge in [-0.2, -0.15) is 5.10 Å². The number of aromatic nitrogens is 4. The molecule has 23 heavy (non-hydrogen) atoms. The van der Waals surface area contributed by atoms with Gasteiger partial charge in [-0.3, -0.25) is 4.68 Å². The smallest absolute Gasteiger partial charge is 0.163 e. The second kappa shape index (κ2) is 7.23. The van der Waals surface area contributed by atoms with Gasteiger partial charge in [-0.05, 0) is 19.8 Å². The first-order valence-corrected chi connectivity index (χ1v) is 8.33. The average molecular weight is 319 g/mol. The summed E-state index contributed by atoms with van der Waals surface area (Å²) >= 11 is 0. The van der Waals surface area contributed by atoms with Crippen LogP contribution < -0.4 is 5.32 Å². The minimum atomic E-state index is -0.557. The molecule has 0 saturated heterocycles.